The lowest BCUT2D eigenvalue weighted by Crippen LogP contribution is -2.07. The number of aromatic nitrogens is 2. The van der Waals surface area contributed by atoms with Crippen LogP contribution < -0.4 is 5.73 Å². The van der Waals surface area contributed by atoms with Gasteiger partial charge >= 0.3 is 5.97 Å². The van der Waals surface area contributed by atoms with Gasteiger partial charge in [-0.15, -0.1) is 0 Å². The number of hydrogen-bond acceptors (Lipinski definition) is 4. The predicted molar refractivity (Wildman–Crippen MR) is 89.8 cm³/mol. The molecule has 0 aliphatic rings. The number of esters is 1. The van der Waals surface area contributed by atoms with Gasteiger partial charge in [0.2, 0.25) is 0 Å². The number of carbonyl (C=O) groups excluding carboxylic acids is 1. The second-order valence-corrected chi connectivity index (χ2v) is 5.29. The Balaban J connectivity index is 2.22. The van der Waals surface area contributed by atoms with Crippen LogP contribution in [0.2, 0.25) is 5.02 Å². The zero-order chi connectivity index (χ0) is 16.4. The number of benzene rings is 2. The summed E-state index contributed by atoms with van der Waals surface area (Å²) in [6, 6.07) is 16.4. The normalized spacial score (nSPS) is 10.5. The van der Waals surface area contributed by atoms with Crippen molar-refractivity contribution in [1.29, 1.82) is 0 Å². The Morgan fingerprint density at radius 1 is 1.13 bits per heavy atom. The number of hydrogen-bond donors (Lipinski definition) is 1. The van der Waals surface area contributed by atoms with Crippen molar-refractivity contribution in [3.05, 3.63) is 65.2 Å². The first-order chi connectivity index (χ1) is 11.1. The Morgan fingerprint density at radius 3 is 2.39 bits per heavy atom. The zero-order valence-corrected chi connectivity index (χ0v) is 13.1. The average molecular weight is 328 g/mol. The van der Waals surface area contributed by atoms with Gasteiger partial charge in [-0.2, -0.15) is 5.10 Å². The van der Waals surface area contributed by atoms with Crippen LogP contribution >= 0.6 is 11.6 Å². The SMILES string of the molecule is COC(=O)c1c(-c2ccc(Cl)cc2)nn(-c2ccccc2)c1N. The number of nitrogens with zero attached hydrogens (tertiary/aromatic N) is 2. The quantitative estimate of drug-likeness (QED) is 0.747. The summed E-state index contributed by atoms with van der Waals surface area (Å²) in [6.45, 7) is 0. The van der Waals surface area contributed by atoms with Crippen LogP contribution in [0.3, 0.4) is 0 Å². The maximum Gasteiger partial charge on any atom is 0.343 e. The second-order valence-electron chi connectivity index (χ2n) is 4.85. The fourth-order valence-electron chi connectivity index (χ4n) is 2.31. The topological polar surface area (TPSA) is 70.1 Å². The first kappa shape index (κ1) is 15.1. The molecule has 0 radical (unpaired) electrons. The highest BCUT2D eigenvalue weighted by Crippen LogP contribution is 2.30. The number of ether oxygens (including phenoxy) is 1. The van der Waals surface area contributed by atoms with Crippen molar-refractivity contribution in [2.75, 3.05) is 12.8 Å². The van der Waals surface area contributed by atoms with Gasteiger partial charge in [-0.25, -0.2) is 9.48 Å². The van der Waals surface area contributed by atoms with Gasteiger partial charge < -0.3 is 10.5 Å². The third-order valence-corrected chi connectivity index (χ3v) is 3.68. The first-order valence-corrected chi connectivity index (χ1v) is 7.27. The van der Waals surface area contributed by atoms with Crippen LogP contribution in [0.5, 0.6) is 0 Å². The maximum absolute atomic E-state index is 12.2. The Hall–Kier alpha value is -2.79. The lowest BCUT2D eigenvalue weighted by molar-refractivity contribution is 0.0603. The molecule has 116 valence electrons. The number of rotatable bonds is 3. The second kappa shape index (κ2) is 6.14. The minimum atomic E-state index is -0.533. The zero-order valence-electron chi connectivity index (χ0n) is 12.4. The van der Waals surface area contributed by atoms with Crippen LogP contribution in [0.1, 0.15) is 10.4 Å². The van der Waals surface area contributed by atoms with E-state index in [1.165, 1.54) is 11.8 Å². The van der Waals surface area contributed by atoms with Gasteiger partial charge in [-0.1, -0.05) is 41.9 Å². The molecule has 1 heterocycles. The predicted octanol–water partition coefficient (Wildman–Crippen LogP) is 3.56. The van der Waals surface area contributed by atoms with Gasteiger partial charge in [-0.05, 0) is 24.3 Å². The van der Waals surface area contributed by atoms with E-state index in [2.05, 4.69) is 5.10 Å². The van der Waals surface area contributed by atoms with Crippen molar-refractivity contribution < 1.29 is 9.53 Å². The van der Waals surface area contributed by atoms with E-state index in [1.54, 1.807) is 24.3 Å². The molecule has 0 unspecified atom stereocenters. The number of halogens is 1. The van der Waals surface area contributed by atoms with Crippen LogP contribution in [-0.4, -0.2) is 22.9 Å². The molecule has 0 amide bonds. The number of anilines is 1. The van der Waals surface area contributed by atoms with E-state index in [4.69, 9.17) is 22.1 Å². The molecule has 3 rings (SSSR count). The van der Waals surface area contributed by atoms with Gasteiger partial charge in [0, 0.05) is 10.6 Å². The lowest BCUT2D eigenvalue weighted by atomic mass is 10.1. The molecule has 2 N–H and O–H groups in total. The Kier molecular flexibility index (Phi) is 4.04. The summed E-state index contributed by atoms with van der Waals surface area (Å²) >= 11 is 5.92. The minimum Gasteiger partial charge on any atom is -0.465 e. The van der Waals surface area contributed by atoms with E-state index in [-0.39, 0.29) is 11.4 Å². The third kappa shape index (κ3) is 2.78. The molecule has 6 heteroatoms. The molecule has 0 fully saturated rings. The van der Waals surface area contributed by atoms with Crippen LogP contribution in [0.25, 0.3) is 16.9 Å². The fraction of sp³-hybridized carbons (Fsp3) is 0.0588. The molecule has 0 atom stereocenters. The minimum absolute atomic E-state index is 0.230. The highest BCUT2D eigenvalue weighted by atomic mass is 35.5. The molecule has 0 aliphatic carbocycles. The lowest BCUT2D eigenvalue weighted by Gasteiger charge is -2.03. The van der Waals surface area contributed by atoms with Crippen LogP contribution in [0.15, 0.2) is 54.6 Å². The van der Waals surface area contributed by atoms with Crippen molar-refractivity contribution in [2.24, 2.45) is 0 Å². The van der Waals surface area contributed by atoms with Crippen LogP contribution in [0.4, 0.5) is 5.82 Å². The molecular weight excluding hydrogens is 314 g/mol. The summed E-state index contributed by atoms with van der Waals surface area (Å²) in [5.74, 6) is -0.303. The Bertz CT molecular complexity index is 842. The third-order valence-electron chi connectivity index (χ3n) is 3.43. The molecule has 23 heavy (non-hydrogen) atoms. The van der Waals surface area contributed by atoms with E-state index >= 15 is 0 Å². The molecule has 0 spiro atoms. The Labute approximate surface area is 138 Å². The molecule has 3 aromatic rings. The molecule has 5 nitrogen and oxygen atoms in total. The molecule has 2 aromatic carbocycles. The van der Waals surface area contributed by atoms with Crippen molar-refractivity contribution in [3.63, 3.8) is 0 Å². The molecule has 0 saturated carbocycles. The monoisotopic (exact) mass is 327 g/mol. The summed E-state index contributed by atoms with van der Waals surface area (Å²) in [5.41, 5.74) is 8.33. The smallest absolute Gasteiger partial charge is 0.343 e. The van der Waals surface area contributed by atoms with Gasteiger partial charge in [0.25, 0.3) is 0 Å². The van der Waals surface area contributed by atoms with Crippen molar-refractivity contribution >= 4 is 23.4 Å². The van der Waals surface area contributed by atoms with Gasteiger partial charge in [0.05, 0.1) is 12.8 Å². The molecular formula is C17H14ClN3O2. The van der Waals surface area contributed by atoms with Gasteiger partial charge in [0.15, 0.2) is 0 Å². The van der Waals surface area contributed by atoms with E-state index in [0.29, 0.717) is 10.7 Å². The van der Waals surface area contributed by atoms with E-state index in [1.807, 2.05) is 30.3 Å². The van der Waals surface area contributed by atoms with E-state index in [0.717, 1.165) is 11.3 Å². The number of methoxy groups -OCH3 is 1. The largest absolute Gasteiger partial charge is 0.465 e. The summed E-state index contributed by atoms with van der Waals surface area (Å²) < 4.78 is 6.38. The molecule has 0 saturated heterocycles. The van der Waals surface area contributed by atoms with E-state index < -0.39 is 5.97 Å². The van der Waals surface area contributed by atoms with Crippen molar-refractivity contribution in [2.45, 2.75) is 0 Å². The van der Waals surface area contributed by atoms with Crippen molar-refractivity contribution in [3.8, 4) is 16.9 Å². The van der Waals surface area contributed by atoms with E-state index in [9.17, 15) is 4.79 Å². The van der Waals surface area contributed by atoms with Crippen LogP contribution in [0, 0.1) is 0 Å². The van der Waals surface area contributed by atoms with Crippen LogP contribution in [-0.2, 0) is 4.74 Å². The Morgan fingerprint density at radius 2 is 1.78 bits per heavy atom. The molecule has 0 bridgehead atoms. The number of nitrogen functional groups attached to an aromatic ring is 1. The van der Waals surface area contributed by atoms with Crippen molar-refractivity contribution in [1.82, 2.24) is 9.78 Å². The molecule has 1 aromatic heterocycles. The first-order valence-electron chi connectivity index (χ1n) is 6.90. The summed E-state index contributed by atoms with van der Waals surface area (Å²) in [6.07, 6.45) is 0. The fourth-order valence-corrected chi connectivity index (χ4v) is 2.44. The number of carbonyl (C=O) groups is 1. The number of nitrogens with two attached hydrogens (primary N) is 1. The van der Waals surface area contributed by atoms with Gasteiger partial charge in [-0.3, -0.25) is 0 Å². The highest BCUT2D eigenvalue weighted by molar-refractivity contribution is 6.30. The average Bonchev–Trinajstić information content (AvgIpc) is 2.93. The number of para-hydroxylation sites is 1. The highest BCUT2D eigenvalue weighted by Gasteiger charge is 2.24. The standard InChI is InChI=1S/C17H14ClN3O2/c1-23-17(22)14-15(11-7-9-12(18)10-8-11)20-21(16(14)19)13-5-3-2-4-6-13/h2-10H,19H2,1H3. The maximum atomic E-state index is 12.2. The molecule has 0 aliphatic heterocycles. The van der Waals surface area contributed by atoms with Gasteiger partial charge in [0.1, 0.15) is 17.1 Å². The summed E-state index contributed by atoms with van der Waals surface area (Å²) in [4.78, 5) is 12.2. The summed E-state index contributed by atoms with van der Waals surface area (Å²) in [5, 5.41) is 5.10. The summed E-state index contributed by atoms with van der Waals surface area (Å²) in [7, 11) is 1.31.